The molecule has 0 amide bonds. The molecule has 0 aliphatic heterocycles. The third-order valence-corrected chi connectivity index (χ3v) is 4.18. The monoisotopic (exact) mass is 294 g/mol. The molecule has 0 fully saturated rings. The van der Waals surface area contributed by atoms with E-state index >= 15 is 0 Å². The second kappa shape index (κ2) is 4.80. The fourth-order valence-electron chi connectivity index (χ4n) is 1.73. The maximum Gasteiger partial charge on any atom is 0.251 e. The van der Waals surface area contributed by atoms with Gasteiger partial charge in [-0.15, -0.1) is 11.3 Å². The van der Waals surface area contributed by atoms with Crippen LogP contribution in [0.5, 0.6) is 0 Å². The number of hydrogen-bond acceptors (Lipinski definition) is 6. The fourth-order valence-corrected chi connectivity index (χ4v) is 3.46. The Morgan fingerprint density at radius 2 is 2.37 bits per heavy atom. The number of thiazole rings is 1. The van der Waals surface area contributed by atoms with Crippen molar-refractivity contribution in [2.75, 3.05) is 0 Å². The summed E-state index contributed by atoms with van der Waals surface area (Å²) < 4.78 is 1.83. The van der Waals surface area contributed by atoms with Crippen molar-refractivity contribution in [1.29, 1.82) is 0 Å². The van der Waals surface area contributed by atoms with Gasteiger partial charge in [0.15, 0.2) is 10.1 Å². The first-order valence-corrected chi connectivity index (χ1v) is 7.18. The molecule has 3 aromatic rings. The van der Waals surface area contributed by atoms with Crippen LogP contribution < -0.4 is 5.56 Å². The lowest BCUT2D eigenvalue weighted by molar-refractivity contribution is 0.272. The van der Waals surface area contributed by atoms with Gasteiger partial charge in [-0.3, -0.25) is 9.20 Å². The van der Waals surface area contributed by atoms with Crippen molar-refractivity contribution in [2.24, 2.45) is 0 Å². The standard InChI is InChI=1S/C11H10N4O2S2/c1-6-4-8(17)13-10(12-6)19-9-7(5-16)15-2-3-18-11(15)14-9/h2-4,16H,5H2,1H3,(H,12,13,17). The molecule has 3 rings (SSSR count). The number of aliphatic hydroxyl groups is 1. The predicted octanol–water partition coefficient (Wildman–Crippen LogP) is 1.43. The SMILES string of the molecule is Cc1cc(=O)[nH]c(Sc2nc3sccn3c2CO)n1. The highest BCUT2D eigenvalue weighted by atomic mass is 32.2. The topological polar surface area (TPSA) is 83.3 Å². The minimum Gasteiger partial charge on any atom is -0.390 e. The predicted molar refractivity (Wildman–Crippen MR) is 72.7 cm³/mol. The van der Waals surface area contributed by atoms with E-state index in [9.17, 15) is 9.90 Å². The minimum absolute atomic E-state index is 0.115. The molecule has 0 unspecified atom stereocenters. The Balaban J connectivity index is 2.04. The molecule has 0 atom stereocenters. The van der Waals surface area contributed by atoms with Crippen molar-refractivity contribution in [2.45, 2.75) is 23.7 Å². The van der Waals surface area contributed by atoms with E-state index in [2.05, 4.69) is 15.0 Å². The van der Waals surface area contributed by atoms with E-state index in [1.807, 2.05) is 16.0 Å². The molecule has 8 heteroatoms. The molecule has 3 heterocycles. The van der Waals surface area contributed by atoms with Crippen LogP contribution in [0.4, 0.5) is 0 Å². The van der Waals surface area contributed by atoms with Gasteiger partial charge in [-0.25, -0.2) is 9.97 Å². The number of aromatic amines is 1. The van der Waals surface area contributed by atoms with Crippen LogP contribution in [-0.2, 0) is 6.61 Å². The number of imidazole rings is 1. The van der Waals surface area contributed by atoms with Crippen LogP contribution in [-0.4, -0.2) is 24.5 Å². The van der Waals surface area contributed by atoms with Gasteiger partial charge in [0.2, 0.25) is 0 Å². The molecule has 0 aliphatic rings. The maximum atomic E-state index is 11.4. The number of aromatic nitrogens is 4. The van der Waals surface area contributed by atoms with Crippen molar-refractivity contribution in [1.82, 2.24) is 19.4 Å². The highest BCUT2D eigenvalue weighted by Crippen LogP contribution is 2.29. The van der Waals surface area contributed by atoms with Gasteiger partial charge in [0, 0.05) is 23.3 Å². The van der Waals surface area contributed by atoms with Crippen LogP contribution in [0.2, 0.25) is 0 Å². The summed E-state index contributed by atoms with van der Waals surface area (Å²) in [6.45, 7) is 1.65. The average Bonchev–Trinajstić information content (AvgIpc) is 2.87. The van der Waals surface area contributed by atoms with E-state index < -0.39 is 0 Å². The molecule has 0 saturated heterocycles. The number of aliphatic hydroxyl groups excluding tert-OH is 1. The summed E-state index contributed by atoms with van der Waals surface area (Å²) in [7, 11) is 0. The number of nitrogens with zero attached hydrogens (tertiary/aromatic N) is 3. The Morgan fingerprint density at radius 3 is 3.11 bits per heavy atom. The average molecular weight is 294 g/mol. The molecule has 3 aromatic heterocycles. The van der Waals surface area contributed by atoms with Gasteiger partial charge >= 0.3 is 0 Å². The molecule has 0 spiro atoms. The van der Waals surface area contributed by atoms with E-state index in [-0.39, 0.29) is 12.2 Å². The lowest BCUT2D eigenvalue weighted by Crippen LogP contribution is -2.08. The van der Waals surface area contributed by atoms with E-state index in [1.54, 1.807) is 6.92 Å². The summed E-state index contributed by atoms with van der Waals surface area (Å²) in [4.78, 5) is 23.5. The normalized spacial score (nSPS) is 11.3. The van der Waals surface area contributed by atoms with Gasteiger partial charge in [-0.2, -0.15) is 0 Å². The summed E-state index contributed by atoms with van der Waals surface area (Å²) >= 11 is 2.74. The minimum atomic E-state index is -0.193. The van der Waals surface area contributed by atoms with Gasteiger partial charge < -0.3 is 10.1 Å². The lowest BCUT2D eigenvalue weighted by Gasteiger charge is -2.01. The quantitative estimate of drug-likeness (QED) is 0.714. The van der Waals surface area contributed by atoms with Gasteiger partial charge in [-0.05, 0) is 18.7 Å². The van der Waals surface area contributed by atoms with Gasteiger partial charge in [0.25, 0.3) is 5.56 Å². The molecular formula is C11H10N4O2S2. The molecule has 0 bridgehead atoms. The Kier molecular flexibility index (Phi) is 3.13. The number of aryl methyl sites for hydroxylation is 1. The van der Waals surface area contributed by atoms with Crippen LogP contribution in [0, 0.1) is 6.92 Å². The Morgan fingerprint density at radius 1 is 1.53 bits per heavy atom. The van der Waals surface area contributed by atoms with Crippen LogP contribution in [0.1, 0.15) is 11.4 Å². The lowest BCUT2D eigenvalue weighted by atomic mass is 10.5. The third-order valence-electron chi connectivity index (χ3n) is 2.52. The molecule has 0 saturated carbocycles. The van der Waals surface area contributed by atoms with Crippen LogP contribution >= 0.6 is 23.1 Å². The van der Waals surface area contributed by atoms with E-state index in [4.69, 9.17) is 0 Å². The smallest absolute Gasteiger partial charge is 0.251 e. The molecular weight excluding hydrogens is 284 g/mol. The summed E-state index contributed by atoms with van der Waals surface area (Å²) in [5.41, 5.74) is 1.16. The largest absolute Gasteiger partial charge is 0.390 e. The number of hydrogen-bond donors (Lipinski definition) is 2. The highest BCUT2D eigenvalue weighted by Gasteiger charge is 2.14. The molecule has 6 nitrogen and oxygen atoms in total. The molecule has 0 radical (unpaired) electrons. The van der Waals surface area contributed by atoms with Gasteiger partial charge in [0.1, 0.15) is 5.03 Å². The number of rotatable bonds is 3. The summed E-state index contributed by atoms with van der Waals surface area (Å²) in [6, 6.07) is 1.43. The number of H-pyrrole nitrogens is 1. The summed E-state index contributed by atoms with van der Waals surface area (Å²) in [5.74, 6) is 0. The first-order chi connectivity index (χ1) is 9.17. The number of fused-ring (bicyclic) bond motifs is 1. The van der Waals surface area contributed by atoms with Crippen molar-refractivity contribution < 1.29 is 5.11 Å². The zero-order valence-corrected chi connectivity index (χ0v) is 11.6. The zero-order chi connectivity index (χ0) is 13.4. The second-order valence-corrected chi connectivity index (χ2v) is 5.72. The van der Waals surface area contributed by atoms with Crippen LogP contribution in [0.15, 0.2) is 32.6 Å². The molecule has 19 heavy (non-hydrogen) atoms. The first-order valence-electron chi connectivity index (χ1n) is 5.48. The van der Waals surface area contributed by atoms with Crippen molar-refractivity contribution in [3.63, 3.8) is 0 Å². The van der Waals surface area contributed by atoms with E-state index in [1.165, 1.54) is 29.2 Å². The number of nitrogens with one attached hydrogen (secondary N) is 1. The first kappa shape index (κ1) is 12.4. The zero-order valence-electron chi connectivity index (χ0n) is 9.95. The Hall–Kier alpha value is -1.64. The van der Waals surface area contributed by atoms with Gasteiger partial charge in [-0.1, -0.05) is 0 Å². The Labute approximate surface area is 116 Å². The Bertz CT molecular complexity index is 789. The third kappa shape index (κ3) is 2.29. The van der Waals surface area contributed by atoms with Gasteiger partial charge in [0.05, 0.1) is 12.3 Å². The van der Waals surface area contributed by atoms with Crippen molar-refractivity contribution in [3.8, 4) is 0 Å². The molecule has 2 N–H and O–H groups in total. The highest BCUT2D eigenvalue weighted by molar-refractivity contribution is 7.99. The fraction of sp³-hybridized carbons (Fsp3) is 0.182. The molecule has 0 aliphatic carbocycles. The summed E-state index contributed by atoms with van der Waals surface area (Å²) in [5, 5.41) is 12.5. The molecule has 98 valence electrons. The van der Waals surface area contributed by atoms with E-state index in [0.29, 0.717) is 21.6 Å². The maximum absolute atomic E-state index is 11.4. The van der Waals surface area contributed by atoms with Crippen LogP contribution in [0.3, 0.4) is 0 Å². The summed E-state index contributed by atoms with van der Waals surface area (Å²) in [6.07, 6.45) is 1.86. The van der Waals surface area contributed by atoms with Crippen molar-refractivity contribution >= 4 is 28.1 Å². The van der Waals surface area contributed by atoms with Crippen LogP contribution in [0.25, 0.3) is 4.96 Å². The second-order valence-electron chi connectivity index (χ2n) is 3.87. The molecule has 0 aromatic carbocycles. The van der Waals surface area contributed by atoms with Crippen molar-refractivity contribution in [3.05, 3.63) is 39.4 Å². The van der Waals surface area contributed by atoms with E-state index in [0.717, 1.165) is 4.96 Å².